The number of ether oxygens (including phenoxy) is 1. The van der Waals surface area contributed by atoms with Gasteiger partial charge in [0, 0.05) is 23.0 Å². The van der Waals surface area contributed by atoms with Gasteiger partial charge in [-0.1, -0.05) is 48.5 Å². The summed E-state index contributed by atoms with van der Waals surface area (Å²) in [4.78, 5) is 32.1. The van der Waals surface area contributed by atoms with Crippen molar-refractivity contribution in [3.8, 4) is 11.5 Å². The van der Waals surface area contributed by atoms with Gasteiger partial charge in [0.05, 0.1) is 11.8 Å². The van der Waals surface area contributed by atoms with Crippen molar-refractivity contribution in [1.29, 1.82) is 0 Å². The molecule has 180 valence electrons. The number of nitrogens with one attached hydrogen (secondary N) is 1. The summed E-state index contributed by atoms with van der Waals surface area (Å²) in [5.41, 5.74) is 3.24. The Balaban J connectivity index is 1.27. The zero-order valence-electron chi connectivity index (χ0n) is 20.1. The number of aromatic amines is 1. The van der Waals surface area contributed by atoms with E-state index in [2.05, 4.69) is 16.2 Å². The molecule has 1 aromatic heterocycles. The van der Waals surface area contributed by atoms with Crippen LogP contribution in [0, 0.1) is 0 Å². The van der Waals surface area contributed by atoms with Crippen molar-refractivity contribution in [1.82, 2.24) is 14.9 Å². The predicted molar refractivity (Wildman–Crippen MR) is 138 cm³/mol. The van der Waals surface area contributed by atoms with Crippen LogP contribution in [0.2, 0.25) is 0 Å². The Kier molecular flexibility index (Phi) is 5.14. The second-order valence-electron chi connectivity index (χ2n) is 9.69. The first kappa shape index (κ1) is 22.1. The van der Waals surface area contributed by atoms with Crippen LogP contribution in [0.1, 0.15) is 30.7 Å². The molecule has 2 amide bonds. The lowest BCUT2D eigenvalue weighted by Gasteiger charge is -2.50. The average Bonchev–Trinajstić information content (AvgIpc) is 3.26. The zero-order chi connectivity index (χ0) is 24.9. The number of benzene rings is 3. The van der Waals surface area contributed by atoms with E-state index in [4.69, 9.17) is 4.74 Å². The first-order chi connectivity index (χ1) is 17.4. The van der Waals surface area contributed by atoms with Gasteiger partial charge < -0.3 is 14.6 Å². The second kappa shape index (κ2) is 8.37. The smallest absolute Gasteiger partial charge is 0.266 e. The topological polar surface area (TPSA) is 78.0 Å². The van der Waals surface area contributed by atoms with Crippen molar-refractivity contribution < 1.29 is 14.3 Å². The van der Waals surface area contributed by atoms with Crippen molar-refractivity contribution in [3.05, 3.63) is 95.7 Å². The standard InChI is InChI=1S/C29H26N4O3/c1-29(2)27-23(22-13-6-7-14-24(22)31-27)16-25-28(35)32(18-26(34)33(25)29)30-17-19-9-8-12-21(15-19)36-20-10-4-3-5-11-20/h3-15,17,25,31H,16,18H2,1-2H3. The predicted octanol–water partition coefficient (Wildman–Crippen LogP) is 4.82. The molecule has 7 heteroatoms. The number of piperazine rings is 1. The maximum Gasteiger partial charge on any atom is 0.266 e. The molecule has 1 unspecified atom stereocenters. The lowest BCUT2D eigenvalue weighted by atomic mass is 9.82. The quantitative estimate of drug-likeness (QED) is 0.427. The Labute approximate surface area is 209 Å². The number of hydrazone groups is 1. The summed E-state index contributed by atoms with van der Waals surface area (Å²) in [6.45, 7) is 3.90. The molecule has 0 aliphatic carbocycles. The highest BCUT2D eigenvalue weighted by molar-refractivity contribution is 5.98. The third-order valence-corrected chi connectivity index (χ3v) is 7.01. The highest BCUT2D eigenvalue weighted by atomic mass is 16.5. The van der Waals surface area contributed by atoms with Crippen LogP contribution in [-0.2, 0) is 21.5 Å². The molecule has 1 saturated heterocycles. The van der Waals surface area contributed by atoms with Gasteiger partial charge in [0.2, 0.25) is 5.91 Å². The van der Waals surface area contributed by atoms with Gasteiger partial charge in [-0.2, -0.15) is 5.10 Å². The van der Waals surface area contributed by atoms with Crippen LogP contribution in [0.4, 0.5) is 0 Å². The van der Waals surface area contributed by atoms with Gasteiger partial charge in [-0.15, -0.1) is 0 Å². The highest BCUT2D eigenvalue weighted by Gasteiger charge is 2.51. The number of rotatable bonds is 4. The van der Waals surface area contributed by atoms with E-state index in [1.165, 1.54) is 5.01 Å². The van der Waals surface area contributed by atoms with Crippen molar-refractivity contribution >= 4 is 28.9 Å². The van der Waals surface area contributed by atoms with Gasteiger partial charge in [0.25, 0.3) is 5.91 Å². The summed E-state index contributed by atoms with van der Waals surface area (Å²) < 4.78 is 5.90. The van der Waals surface area contributed by atoms with E-state index in [1.807, 2.05) is 86.6 Å². The van der Waals surface area contributed by atoms with Crippen molar-refractivity contribution in [2.45, 2.75) is 31.8 Å². The number of carbonyl (C=O) groups excluding carboxylic acids is 2. The number of para-hydroxylation sites is 2. The van der Waals surface area contributed by atoms with Gasteiger partial charge in [0.15, 0.2) is 0 Å². The maximum atomic E-state index is 13.6. The van der Waals surface area contributed by atoms with E-state index < -0.39 is 11.6 Å². The number of carbonyl (C=O) groups is 2. The third kappa shape index (κ3) is 3.64. The number of amides is 2. The Morgan fingerprint density at radius 2 is 1.72 bits per heavy atom. The Hall–Kier alpha value is -4.39. The summed E-state index contributed by atoms with van der Waals surface area (Å²) in [6.07, 6.45) is 2.06. The van der Waals surface area contributed by atoms with E-state index in [-0.39, 0.29) is 18.4 Å². The fourth-order valence-electron chi connectivity index (χ4n) is 5.38. The molecule has 4 aromatic rings. The molecule has 36 heavy (non-hydrogen) atoms. The average molecular weight is 479 g/mol. The second-order valence-corrected chi connectivity index (χ2v) is 9.69. The lowest BCUT2D eigenvalue weighted by molar-refractivity contribution is -0.163. The number of aromatic nitrogens is 1. The molecule has 0 radical (unpaired) electrons. The minimum absolute atomic E-state index is 0.0922. The number of hydrogen-bond acceptors (Lipinski definition) is 4. The molecule has 0 spiro atoms. The van der Waals surface area contributed by atoms with E-state index >= 15 is 0 Å². The van der Waals surface area contributed by atoms with Crippen LogP contribution in [0.15, 0.2) is 84.0 Å². The largest absolute Gasteiger partial charge is 0.457 e. The molecule has 1 N–H and O–H groups in total. The van der Waals surface area contributed by atoms with Crippen LogP contribution < -0.4 is 4.74 Å². The van der Waals surface area contributed by atoms with Crippen LogP contribution in [0.5, 0.6) is 11.5 Å². The Morgan fingerprint density at radius 1 is 0.972 bits per heavy atom. The minimum atomic E-state index is -0.636. The Bertz CT molecular complexity index is 1510. The van der Waals surface area contributed by atoms with Gasteiger partial charge in [-0.3, -0.25) is 9.59 Å². The van der Waals surface area contributed by atoms with Gasteiger partial charge >= 0.3 is 0 Å². The Morgan fingerprint density at radius 3 is 2.56 bits per heavy atom. The van der Waals surface area contributed by atoms with Crippen LogP contribution in [-0.4, -0.2) is 45.5 Å². The molecular weight excluding hydrogens is 452 g/mol. The van der Waals surface area contributed by atoms with E-state index in [0.717, 1.165) is 33.5 Å². The molecular formula is C29H26N4O3. The SMILES string of the molecule is CC1(C)c2[nH]c3ccccc3c2CC2C(=O)N(N=Cc3cccc(Oc4ccccc4)c3)CC(=O)N21. The summed E-state index contributed by atoms with van der Waals surface area (Å²) in [5, 5.41) is 6.82. The molecule has 1 atom stereocenters. The van der Waals surface area contributed by atoms with Crippen LogP contribution in [0.3, 0.4) is 0 Å². The summed E-state index contributed by atoms with van der Waals surface area (Å²) in [5.74, 6) is 1.11. The summed E-state index contributed by atoms with van der Waals surface area (Å²) >= 11 is 0. The van der Waals surface area contributed by atoms with Crippen molar-refractivity contribution in [3.63, 3.8) is 0 Å². The first-order valence-corrected chi connectivity index (χ1v) is 12.0. The number of nitrogens with zero attached hydrogens (tertiary/aromatic N) is 3. The molecule has 3 aromatic carbocycles. The molecule has 1 fully saturated rings. The van der Waals surface area contributed by atoms with Crippen LogP contribution >= 0.6 is 0 Å². The minimum Gasteiger partial charge on any atom is -0.457 e. The number of hydrogen-bond donors (Lipinski definition) is 1. The number of H-pyrrole nitrogens is 1. The summed E-state index contributed by atoms with van der Waals surface area (Å²) in [6, 6.07) is 24.4. The van der Waals surface area contributed by atoms with Gasteiger partial charge in [0.1, 0.15) is 24.1 Å². The molecule has 0 bridgehead atoms. The fraction of sp³-hybridized carbons (Fsp3) is 0.207. The third-order valence-electron chi connectivity index (χ3n) is 7.01. The lowest BCUT2D eigenvalue weighted by Crippen LogP contribution is -2.66. The van der Waals surface area contributed by atoms with E-state index in [1.54, 1.807) is 11.1 Å². The first-order valence-electron chi connectivity index (χ1n) is 12.0. The zero-order valence-corrected chi connectivity index (χ0v) is 20.1. The van der Waals surface area contributed by atoms with E-state index in [9.17, 15) is 9.59 Å². The maximum absolute atomic E-state index is 13.6. The summed E-state index contributed by atoms with van der Waals surface area (Å²) in [7, 11) is 0. The highest BCUT2D eigenvalue weighted by Crippen LogP contribution is 2.42. The number of fused-ring (bicyclic) bond motifs is 4. The molecule has 2 aliphatic rings. The van der Waals surface area contributed by atoms with Crippen molar-refractivity contribution in [2.75, 3.05) is 6.54 Å². The van der Waals surface area contributed by atoms with Crippen LogP contribution in [0.25, 0.3) is 10.9 Å². The van der Waals surface area contributed by atoms with Gasteiger partial charge in [-0.25, -0.2) is 5.01 Å². The molecule has 6 rings (SSSR count). The molecule has 2 aliphatic heterocycles. The molecule has 7 nitrogen and oxygen atoms in total. The fourth-order valence-corrected chi connectivity index (χ4v) is 5.38. The monoisotopic (exact) mass is 478 g/mol. The molecule has 0 saturated carbocycles. The normalized spacial score (nSPS) is 19.0. The molecule has 3 heterocycles. The van der Waals surface area contributed by atoms with Crippen molar-refractivity contribution in [2.24, 2.45) is 5.10 Å². The van der Waals surface area contributed by atoms with E-state index in [0.29, 0.717) is 12.2 Å². The van der Waals surface area contributed by atoms with Gasteiger partial charge in [-0.05, 0) is 55.3 Å².